The van der Waals surface area contributed by atoms with Crippen molar-refractivity contribution in [1.29, 1.82) is 0 Å². The van der Waals surface area contributed by atoms with Crippen molar-refractivity contribution < 1.29 is 27.6 Å². The van der Waals surface area contributed by atoms with E-state index in [-0.39, 0.29) is 43.7 Å². The second kappa shape index (κ2) is 8.64. The number of halogens is 4. The maximum Gasteiger partial charge on any atom is 0.408 e. The van der Waals surface area contributed by atoms with Crippen LogP contribution in [0.15, 0.2) is 0 Å². The molecule has 3 fully saturated rings. The van der Waals surface area contributed by atoms with Crippen molar-refractivity contribution in [3.8, 4) is 0 Å². The molecule has 0 saturated carbocycles. The number of rotatable bonds is 2. The Kier molecular flexibility index (Phi) is 6.96. The van der Waals surface area contributed by atoms with E-state index in [9.17, 15) is 27.6 Å². The highest BCUT2D eigenvalue weighted by Crippen LogP contribution is 2.30. The molecule has 0 aliphatic carbocycles. The lowest BCUT2D eigenvalue weighted by Crippen LogP contribution is -2.59. The Morgan fingerprint density at radius 3 is 2.48 bits per heavy atom. The number of likely N-dealkylation sites (tertiary alicyclic amines) is 1. The van der Waals surface area contributed by atoms with E-state index >= 15 is 0 Å². The molecule has 0 aromatic rings. The largest absolute Gasteiger partial charge is 0.408 e. The molecular weight excluding hydrogens is 389 g/mol. The second-order valence-corrected chi connectivity index (χ2v) is 7.08. The predicted molar refractivity (Wildman–Crippen MR) is 92.1 cm³/mol. The van der Waals surface area contributed by atoms with Crippen LogP contribution in [0.4, 0.5) is 13.2 Å². The average Bonchev–Trinajstić information content (AvgIpc) is 2.61. The van der Waals surface area contributed by atoms with E-state index in [1.807, 2.05) is 5.32 Å². The van der Waals surface area contributed by atoms with Gasteiger partial charge in [0.2, 0.25) is 17.7 Å². The lowest BCUT2D eigenvalue weighted by Gasteiger charge is -2.42. The van der Waals surface area contributed by atoms with Crippen molar-refractivity contribution in [2.45, 2.75) is 43.9 Å². The van der Waals surface area contributed by atoms with Crippen molar-refractivity contribution >= 4 is 30.1 Å². The minimum absolute atomic E-state index is 0. The van der Waals surface area contributed by atoms with Crippen LogP contribution in [0.2, 0.25) is 0 Å². The summed E-state index contributed by atoms with van der Waals surface area (Å²) < 4.78 is 38.2. The fourth-order valence-electron chi connectivity index (χ4n) is 3.93. The summed E-state index contributed by atoms with van der Waals surface area (Å²) in [6.07, 6.45) is -3.42. The average molecular weight is 413 g/mol. The van der Waals surface area contributed by atoms with Gasteiger partial charge in [0, 0.05) is 32.2 Å². The fourth-order valence-corrected chi connectivity index (χ4v) is 3.93. The van der Waals surface area contributed by atoms with Crippen molar-refractivity contribution in [2.75, 3.05) is 32.7 Å². The Morgan fingerprint density at radius 2 is 1.85 bits per heavy atom. The molecule has 3 amide bonds. The van der Waals surface area contributed by atoms with Gasteiger partial charge in [-0.3, -0.25) is 14.4 Å². The van der Waals surface area contributed by atoms with Gasteiger partial charge in [-0.2, -0.15) is 13.2 Å². The number of amides is 3. The number of carbonyl (C=O) groups excluding carboxylic acids is 3. The normalized spacial score (nSPS) is 29.8. The Morgan fingerprint density at radius 1 is 1.11 bits per heavy atom. The summed E-state index contributed by atoms with van der Waals surface area (Å²) in [4.78, 5) is 40.1. The van der Waals surface area contributed by atoms with Crippen molar-refractivity contribution in [3.05, 3.63) is 0 Å². The molecule has 3 unspecified atom stereocenters. The SMILES string of the molecule is Cl.O=C1NC(C(F)(F)F)CCC1C(=O)N1CCCC(N2CCNCC2=O)C1. The first-order chi connectivity index (χ1) is 12.3. The number of alkyl halides is 3. The van der Waals surface area contributed by atoms with E-state index in [0.717, 1.165) is 6.42 Å². The number of hydrogen-bond acceptors (Lipinski definition) is 4. The third-order valence-electron chi connectivity index (χ3n) is 5.35. The molecule has 27 heavy (non-hydrogen) atoms. The molecule has 11 heteroatoms. The summed E-state index contributed by atoms with van der Waals surface area (Å²) in [6, 6.07) is -1.98. The molecule has 7 nitrogen and oxygen atoms in total. The van der Waals surface area contributed by atoms with Crippen LogP contribution in [0.3, 0.4) is 0 Å². The van der Waals surface area contributed by atoms with Gasteiger partial charge < -0.3 is 20.4 Å². The number of nitrogens with zero attached hydrogens (tertiary/aromatic N) is 2. The number of nitrogens with one attached hydrogen (secondary N) is 2. The maximum atomic E-state index is 12.7. The van der Waals surface area contributed by atoms with Crippen LogP contribution in [0.5, 0.6) is 0 Å². The molecule has 2 N–H and O–H groups in total. The minimum Gasteiger partial charge on any atom is -0.344 e. The van der Waals surface area contributed by atoms with Gasteiger partial charge in [-0.15, -0.1) is 12.4 Å². The lowest BCUT2D eigenvalue weighted by molar-refractivity contribution is -0.172. The molecule has 0 spiro atoms. The smallest absolute Gasteiger partial charge is 0.344 e. The predicted octanol–water partition coefficient (Wildman–Crippen LogP) is 0.288. The van der Waals surface area contributed by atoms with E-state index in [0.29, 0.717) is 32.6 Å². The molecule has 0 radical (unpaired) electrons. The fraction of sp³-hybridized carbons (Fsp3) is 0.812. The Labute approximate surface area is 161 Å². The Balaban J connectivity index is 0.00000261. The second-order valence-electron chi connectivity index (χ2n) is 7.08. The highest BCUT2D eigenvalue weighted by atomic mass is 35.5. The topological polar surface area (TPSA) is 81.8 Å². The quantitative estimate of drug-likeness (QED) is 0.639. The standard InChI is InChI=1S/C16H23F3N4O3.ClH/c17-16(18,19)12-4-3-11(14(25)21-12)15(26)22-6-1-2-10(9-22)23-7-5-20-8-13(23)24;/h10-12,20H,1-9H2,(H,21,25);1H. The zero-order valence-corrected chi connectivity index (χ0v) is 15.6. The van der Waals surface area contributed by atoms with E-state index < -0.39 is 30.0 Å². The summed E-state index contributed by atoms with van der Waals surface area (Å²) in [5, 5.41) is 4.92. The van der Waals surface area contributed by atoms with E-state index in [1.165, 1.54) is 4.90 Å². The van der Waals surface area contributed by atoms with Crippen LogP contribution in [0, 0.1) is 5.92 Å². The van der Waals surface area contributed by atoms with Gasteiger partial charge in [-0.05, 0) is 25.7 Å². The van der Waals surface area contributed by atoms with Crippen LogP contribution in [0.1, 0.15) is 25.7 Å². The number of piperazine rings is 1. The molecule has 0 aromatic heterocycles. The highest BCUT2D eigenvalue weighted by Gasteiger charge is 2.47. The maximum absolute atomic E-state index is 12.7. The van der Waals surface area contributed by atoms with Gasteiger partial charge in [-0.1, -0.05) is 0 Å². The molecule has 3 saturated heterocycles. The van der Waals surface area contributed by atoms with Gasteiger partial charge in [-0.25, -0.2) is 0 Å². The summed E-state index contributed by atoms with van der Waals surface area (Å²) in [5.74, 6) is -2.38. The first kappa shape index (κ1) is 21.7. The van der Waals surface area contributed by atoms with Crippen LogP contribution in [-0.2, 0) is 14.4 Å². The van der Waals surface area contributed by atoms with Crippen molar-refractivity contribution in [2.24, 2.45) is 5.92 Å². The van der Waals surface area contributed by atoms with Gasteiger partial charge >= 0.3 is 6.18 Å². The lowest BCUT2D eigenvalue weighted by atomic mass is 9.91. The first-order valence-electron chi connectivity index (χ1n) is 8.93. The highest BCUT2D eigenvalue weighted by molar-refractivity contribution is 6.01. The zero-order valence-electron chi connectivity index (χ0n) is 14.8. The number of hydrogen-bond donors (Lipinski definition) is 2. The van der Waals surface area contributed by atoms with E-state index in [2.05, 4.69) is 5.32 Å². The zero-order chi connectivity index (χ0) is 18.9. The third-order valence-corrected chi connectivity index (χ3v) is 5.35. The summed E-state index contributed by atoms with van der Waals surface area (Å²) in [5.41, 5.74) is 0. The Bertz CT molecular complexity index is 590. The molecule has 3 atom stereocenters. The van der Waals surface area contributed by atoms with Crippen LogP contribution in [0.25, 0.3) is 0 Å². The molecule has 3 aliphatic rings. The van der Waals surface area contributed by atoms with E-state index in [1.54, 1.807) is 4.90 Å². The summed E-state index contributed by atoms with van der Waals surface area (Å²) >= 11 is 0. The molecule has 0 bridgehead atoms. The van der Waals surface area contributed by atoms with Crippen molar-refractivity contribution in [3.63, 3.8) is 0 Å². The first-order valence-corrected chi connectivity index (χ1v) is 8.93. The monoisotopic (exact) mass is 412 g/mol. The molecular formula is C16H24ClF3N4O3. The number of carbonyl (C=O) groups is 3. The summed E-state index contributed by atoms with van der Waals surface area (Å²) in [6.45, 7) is 2.33. The molecule has 3 heterocycles. The minimum atomic E-state index is -4.50. The van der Waals surface area contributed by atoms with Crippen LogP contribution < -0.4 is 10.6 Å². The van der Waals surface area contributed by atoms with Crippen LogP contribution in [-0.4, -0.2) is 78.5 Å². The molecule has 154 valence electrons. The summed E-state index contributed by atoms with van der Waals surface area (Å²) in [7, 11) is 0. The van der Waals surface area contributed by atoms with Crippen LogP contribution >= 0.6 is 12.4 Å². The number of piperidine rings is 2. The third kappa shape index (κ3) is 4.84. The van der Waals surface area contributed by atoms with Gasteiger partial charge in [0.1, 0.15) is 12.0 Å². The van der Waals surface area contributed by atoms with Gasteiger partial charge in [0.05, 0.1) is 6.54 Å². The van der Waals surface area contributed by atoms with E-state index in [4.69, 9.17) is 0 Å². The van der Waals surface area contributed by atoms with Gasteiger partial charge in [0.25, 0.3) is 0 Å². The Hall–Kier alpha value is -1.55. The molecule has 3 rings (SSSR count). The van der Waals surface area contributed by atoms with Crippen molar-refractivity contribution in [1.82, 2.24) is 20.4 Å². The van der Waals surface area contributed by atoms with Gasteiger partial charge in [0.15, 0.2) is 0 Å². The molecule has 3 aliphatic heterocycles. The molecule has 0 aromatic carbocycles.